The maximum Gasteiger partial charge on any atom is 0.330 e. The molecule has 3 rings (SSSR count). The first-order chi connectivity index (χ1) is 12.7. The zero-order valence-corrected chi connectivity index (χ0v) is 15.6. The molecular formula is C18H24N2O7. The van der Waals surface area contributed by atoms with Crippen LogP contribution in [0.25, 0.3) is 0 Å². The topological polar surface area (TPSA) is 120 Å². The Morgan fingerprint density at radius 2 is 2.19 bits per heavy atom. The third kappa shape index (κ3) is 3.68. The van der Waals surface area contributed by atoms with E-state index in [1.165, 1.54) is 23.8 Å². The Labute approximate surface area is 155 Å². The second-order valence-corrected chi connectivity index (χ2v) is 7.25. The van der Waals surface area contributed by atoms with Crippen LogP contribution in [0.15, 0.2) is 27.9 Å². The number of hydrogen-bond donors (Lipinski definition) is 2. The summed E-state index contributed by atoms with van der Waals surface area (Å²) in [5.74, 6) is -1.06. The number of H-pyrrole nitrogens is 1. The molecule has 9 nitrogen and oxygen atoms in total. The smallest absolute Gasteiger partial charge is 0.330 e. The number of aryl methyl sites for hydroxylation is 1. The van der Waals surface area contributed by atoms with Gasteiger partial charge < -0.3 is 19.3 Å². The third-order valence-electron chi connectivity index (χ3n) is 4.66. The highest BCUT2D eigenvalue weighted by Gasteiger charge is 2.62. The van der Waals surface area contributed by atoms with E-state index in [2.05, 4.69) is 4.98 Å². The van der Waals surface area contributed by atoms with Crippen molar-refractivity contribution < 1.29 is 24.1 Å². The molecule has 3 unspecified atom stereocenters. The number of hydrogen-bond acceptors (Lipinski definition) is 7. The average Bonchev–Trinajstić information content (AvgIpc) is 3.03. The van der Waals surface area contributed by atoms with Crippen molar-refractivity contribution in [3.63, 3.8) is 0 Å². The van der Waals surface area contributed by atoms with E-state index < -0.39 is 35.0 Å². The monoisotopic (exact) mass is 380 g/mol. The van der Waals surface area contributed by atoms with Gasteiger partial charge in [0.2, 0.25) is 5.72 Å². The van der Waals surface area contributed by atoms with Gasteiger partial charge >= 0.3 is 5.69 Å². The molecule has 0 aromatic carbocycles. The van der Waals surface area contributed by atoms with Gasteiger partial charge in [-0.25, -0.2) is 4.79 Å². The van der Waals surface area contributed by atoms with Gasteiger partial charge in [-0.05, 0) is 39.7 Å². The van der Waals surface area contributed by atoms with Gasteiger partial charge in [0, 0.05) is 11.8 Å². The van der Waals surface area contributed by atoms with E-state index >= 15 is 0 Å². The molecule has 2 N–H and O–H groups in total. The van der Waals surface area contributed by atoms with E-state index in [1.54, 1.807) is 19.9 Å². The molecule has 0 spiro atoms. The van der Waals surface area contributed by atoms with Crippen LogP contribution in [0.4, 0.5) is 0 Å². The van der Waals surface area contributed by atoms with Crippen molar-refractivity contribution in [1.82, 2.24) is 9.55 Å². The molecule has 0 amide bonds. The van der Waals surface area contributed by atoms with E-state index in [-0.39, 0.29) is 19.0 Å². The minimum absolute atomic E-state index is 0.00194. The fourth-order valence-electron chi connectivity index (χ4n) is 3.56. The molecule has 148 valence electrons. The zero-order valence-electron chi connectivity index (χ0n) is 15.6. The molecule has 2 saturated heterocycles. The van der Waals surface area contributed by atoms with Gasteiger partial charge in [-0.3, -0.25) is 19.1 Å². The Balaban J connectivity index is 1.98. The molecule has 2 fully saturated rings. The molecule has 0 saturated carbocycles. The van der Waals surface area contributed by atoms with Gasteiger partial charge in [0.1, 0.15) is 12.2 Å². The molecule has 0 radical (unpaired) electrons. The molecule has 3 atom stereocenters. The van der Waals surface area contributed by atoms with E-state index in [0.29, 0.717) is 18.4 Å². The first-order valence-corrected chi connectivity index (χ1v) is 8.81. The number of fused-ring (bicyclic) bond motifs is 1. The summed E-state index contributed by atoms with van der Waals surface area (Å²) in [6.07, 6.45) is 4.02. The molecule has 0 bridgehead atoms. The lowest BCUT2D eigenvalue weighted by Gasteiger charge is -2.29. The van der Waals surface area contributed by atoms with Gasteiger partial charge in [0.05, 0.1) is 13.2 Å². The Bertz CT molecular complexity index is 869. The van der Waals surface area contributed by atoms with Crippen LogP contribution in [0.1, 0.15) is 32.8 Å². The number of allylic oxidation sites excluding steroid dienone is 2. The van der Waals surface area contributed by atoms with Crippen molar-refractivity contribution in [2.75, 3.05) is 13.2 Å². The van der Waals surface area contributed by atoms with Crippen molar-refractivity contribution >= 4 is 5.78 Å². The number of carbonyl (C=O) groups is 1. The Kier molecular flexibility index (Phi) is 5.22. The summed E-state index contributed by atoms with van der Waals surface area (Å²) in [6.45, 7) is 4.59. The number of rotatable bonds is 6. The van der Waals surface area contributed by atoms with E-state index in [0.717, 1.165) is 0 Å². The molecule has 2 aliphatic heterocycles. The van der Waals surface area contributed by atoms with Crippen LogP contribution in [0.5, 0.6) is 0 Å². The quantitative estimate of drug-likeness (QED) is 0.656. The SMILES string of the molecule is CC(=O)/C=C/CCc1cn(C23COC(CO)C2OC(C)(C)O3)c(=O)[nH]c1=O. The van der Waals surface area contributed by atoms with Gasteiger partial charge in [-0.2, -0.15) is 0 Å². The van der Waals surface area contributed by atoms with Crippen molar-refractivity contribution in [3.05, 3.63) is 44.8 Å². The number of nitrogens with one attached hydrogen (secondary N) is 1. The van der Waals surface area contributed by atoms with Crippen molar-refractivity contribution in [2.45, 2.75) is 57.3 Å². The average molecular weight is 380 g/mol. The van der Waals surface area contributed by atoms with Gasteiger partial charge in [-0.15, -0.1) is 0 Å². The Morgan fingerprint density at radius 3 is 2.85 bits per heavy atom. The molecule has 2 aliphatic rings. The number of carbonyl (C=O) groups excluding carboxylic acids is 1. The van der Waals surface area contributed by atoms with Crippen LogP contribution < -0.4 is 11.2 Å². The summed E-state index contributed by atoms with van der Waals surface area (Å²) in [6, 6.07) is 0. The number of nitrogens with zero attached hydrogens (tertiary/aromatic N) is 1. The minimum Gasteiger partial charge on any atom is -0.394 e. The normalized spacial score (nSPS) is 29.3. The van der Waals surface area contributed by atoms with Crippen LogP contribution in [0.2, 0.25) is 0 Å². The molecule has 27 heavy (non-hydrogen) atoms. The van der Waals surface area contributed by atoms with Crippen molar-refractivity contribution in [1.29, 1.82) is 0 Å². The Hall–Kier alpha value is -2.07. The minimum atomic E-state index is -1.28. The molecule has 1 aromatic heterocycles. The molecule has 1 aromatic rings. The maximum absolute atomic E-state index is 12.5. The van der Waals surface area contributed by atoms with Crippen LogP contribution >= 0.6 is 0 Å². The Morgan fingerprint density at radius 1 is 1.44 bits per heavy atom. The highest BCUT2D eigenvalue weighted by Crippen LogP contribution is 2.45. The second-order valence-electron chi connectivity index (χ2n) is 7.25. The highest BCUT2D eigenvalue weighted by molar-refractivity contribution is 5.87. The summed E-state index contributed by atoms with van der Waals surface area (Å²) in [5, 5.41) is 9.56. The van der Waals surface area contributed by atoms with Gasteiger partial charge in [0.15, 0.2) is 11.6 Å². The number of ketones is 1. The zero-order chi connectivity index (χ0) is 19.8. The second kappa shape index (κ2) is 7.16. The van der Waals surface area contributed by atoms with Crippen LogP contribution in [-0.4, -0.2) is 51.6 Å². The molecule has 0 aliphatic carbocycles. The number of ether oxygens (including phenoxy) is 3. The number of aliphatic hydroxyl groups excluding tert-OH is 1. The summed E-state index contributed by atoms with van der Waals surface area (Å²) in [7, 11) is 0. The first kappa shape index (κ1) is 19.7. The number of aromatic amines is 1. The molecular weight excluding hydrogens is 356 g/mol. The number of aliphatic hydroxyl groups is 1. The van der Waals surface area contributed by atoms with Crippen LogP contribution in [0.3, 0.4) is 0 Å². The lowest BCUT2D eigenvalue weighted by atomic mass is 10.1. The van der Waals surface area contributed by atoms with Crippen LogP contribution in [0, 0.1) is 0 Å². The van der Waals surface area contributed by atoms with E-state index in [4.69, 9.17) is 14.2 Å². The van der Waals surface area contributed by atoms with Crippen molar-refractivity contribution in [3.8, 4) is 0 Å². The van der Waals surface area contributed by atoms with E-state index in [9.17, 15) is 19.5 Å². The summed E-state index contributed by atoms with van der Waals surface area (Å²) in [4.78, 5) is 38.0. The van der Waals surface area contributed by atoms with Gasteiger partial charge in [-0.1, -0.05) is 6.08 Å². The summed E-state index contributed by atoms with van der Waals surface area (Å²) >= 11 is 0. The largest absolute Gasteiger partial charge is 0.394 e. The predicted molar refractivity (Wildman–Crippen MR) is 94.3 cm³/mol. The first-order valence-electron chi connectivity index (χ1n) is 8.81. The summed E-state index contributed by atoms with van der Waals surface area (Å²) < 4.78 is 18.8. The third-order valence-corrected chi connectivity index (χ3v) is 4.66. The van der Waals surface area contributed by atoms with Crippen LogP contribution in [-0.2, 0) is 31.2 Å². The molecule has 9 heteroatoms. The van der Waals surface area contributed by atoms with Crippen molar-refractivity contribution in [2.24, 2.45) is 0 Å². The molecule has 3 heterocycles. The predicted octanol–water partition coefficient (Wildman–Crippen LogP) is -0.190. The lowest BCUT2D eigenvalue weighted by molar-refractivity contribution is -0.207. The standard InChI is InChI=1S/C18H24N2O7/c1-11(22)6-4-5-7-12-8-20(16(24)19-15(12)23)18-10-25-13(9-21)14(18)26-17(2,3)27-18/h4,6,8,13-14,21H,5,7,9-10H2,1-3H3,(H,19,23,24)/b6-4+. The maximum atomic E-state index is 12.5. The summed E-state index contributed by atoms with van der Waals surface area (Å²) in [5.41, 5.74) is -2.04. The fraction of sp³-hybridized carbons (Fsp3) is 0.611. The van der Waals surface area contributed by atoms with Gasteiger partial charge in [0.25, 0.3) is 5.56 Å². The fourth-order valence-corrected chi connectivity index (χ4v) is 3.56. The number of aromatic nitrogens is 2. The highest BCUT2D eigenvalue weighted by atomic mass is 16.8. The lowest BCUT2D eigenvalue weighted by Crippen LogP contribution is -2.51. The van der Waals surface area contributed by atoms with E-state index in [1.807, 2.05) is 0 Å².